The first-order chi connectivity index (χ1) is 8.57. The molecule has 18 heavy (non-hydrogen) atoms. The molecule has 5 heteroatoms. The summed E-state index contributed by atoms with van der Waals surface area (Å²) in [5.41, 5.74) is 5.68. The Bertz CT molecular complexity index is 434. The van der Waals surface area contributed by atoms with Crippen molar-refractivity contribution < 1.29 is 4.79 Å². The van der Waals surface area contributed by atoms with Crippen LogP contribution < -0.4 is 11.1 Å². The Morgan fingerprint density at radius 3 is 2.94 bits per heavy atom. The lowest BCUT2D eigenvalue weighted by Crippen LogP contribution is -2.59. The van der Waals surface area contributed by atoms with Crippen LogP contribution in [-0.4, -0.2) is 18.0 Å². The number of nitrogens with two attached hydrogens (primary N) is 1. The Morgan fingerprint density at radius 1 is 1.61 bits per heavy atom. The van der Waals surface area contributed by atoms with Crippen molar-refractivity contribution in [1.82, 2.24) is 5.32 Å². The van der Waals surface area contributed by atoms with E-state index >= 15 is 0 Å². The zero-order valence-electron chi connectivity index (χ0n) is 10.5. The summed E-state index contributed by atoms with van der Waals surface area (Å²) in [6, 6.07) is 3.51. The third kappa shape index (κ3) is 2.71. The lowest BCUT2D eigenvalue weighted by Gasteiger charge is -2.42. The fourth-order valence-corrected chi connectivity index (χ4v) is 3.62. The highest BCUT2D eigenvalue weighted by molar-refractivity contribution is 7.18. The summed E-state index contributed by atoms with van der Waals surface area (Å²) in [7, 11) is 0. The van der Waals surface area contributed by atoms with Crippen molar-refractivity contribution in [1.29, 1.82) is 0 Å². The summed E-state index contributed by atoms with van der Waals surface area (Å²) >= 11 is 7.17. The lowest BCUT2D eigenvalue weighted by molar-refractivity contribution is 0.0817. The zero-order chi connectivity index (χ0) is 13.2. The van der Waals surface area contributed by atoms with E-state index in [1.807, 2.05) is 0 Å². The minimum Gasteiger partial charge on any atom is -0.344 e. The highest BCUT2D eigenvalue weighted by Crippen LogP contribution is 2.33. The molecule has 1 fully saturated rings. The van der Waals surface area contributed by atoms with E-state index in [1.165, 1.54) is 17.8 Å². The normalized spacial score (nSPS) is 28.1. The Hall–Kier alpha value is -0.580. The van der Waals surface area contributed by atoms with E-state index in [4.69, 9.17) is 17.3 Å². The zero-order valence-corrected chi connectivity index (χ0v) is 12.1. The van der Waals surface area contributed by atoms with Crippen LogP contribution in [0.5, 0.6) is 0 Å². The van der Waals surface area contributed by atoms with Crippen molar-refractivity contribution in [3.8, 4) is 0 Å². The number of amides is 1. The van der Waals surface area contributed by atoms with Gasteiger partial charge >= 0.3 is 0 Å². The van der Waals surface area contributed by atoms with Gasteiger partial charge in [0.05, 0.1) is 14.8 Å². The van der Waals surface area contributed by atoms with Crippen LogP contribution in [0.4, 0.5) is 0 Å². The molecule has 1 heterocycles. The van der Waals surface area contributed by atoms with Crippen LogP contribution in [0.25, 0.3) is 0 Å². The predicted molar refractivity (Wildman–Crippen MR) is 76.2 cm³/mol. The van der Waals surface area contributed by atoms with Gasteiger partial charge in [0.25, 0.3) is 5.91 Å². The molecular weight excluding hydrogens is 268 g/mol. The summed E-state index contributed by atoms with van der Waals surface area (Å²) in [6.45, 7) is 2.67. The molecule has 0 radical (unpaired) electrons. The smallest absolute Gasteiger partial charge is 0.261 e. The first-order valence-corrected chi connectivity index (χ1v) is 7.55. The average Bonchev–Trinajstić information content (AvgIpc) is 2.79. The van der Waals surface area contributed by atoms with E-state index in [0.29, 0.717) is 21.7 Å². The predicted octanol–water partition coefficient (Wildman–Crippen LogP) is 3.04. The quantitative estimate of drug-likeness (QED) is 0.897. The van der Waals surface area contributed by atoms with Crippen LogP contribution in [-0.2, 0) is 0 Å². The molecule has 0 saturated heterocycles. The fourth-order valence-electron chi connectivity index (χ4n) is 2.68. The molecule has 1 amide bonds. The second-order valence-electron chi connectivity index (χ2n) is 5.06. The Labute approximate surface area is 117 Å². The molecule has 0 bridgehead atoms. The number of halogens is 1. The minimum atomic E-state index is -0.244. The molecule has 3 N–H and O–H groups in total. The SMILES string of the molecule is CC1CCCCC1(CN)NC(=O)c1ccc(Cl)s1. The third-order valence-electron chi connectivity index (χ3n) is 3.98. The van der Waals surface area contributed by atoms with Crippen LogP contribution >= 0.6 is 22.9 Å². The van der Waals surface area contributed by atoms with Gasteiger partial charge in [-0.3, -0.25) is 4.79 Å². The average molecular weight is 287 g/mol. The van der Waals surface area contributed by atoms with Gasteiger partial charge in [0, 0.05) is 6.54 Å². The molecule has 1 aromatic rings. The van der Waals surface area contributed by atoms with Gasteiger partial charge < -0.3 is 11.1 Å². The van der Waals surface area contributed by atoms with Crippen LogP contribution in [0.15, 0.2) is 12.1 Å². The number of hydrogen-bond donors (Lipinski definition) is 2. The molecule has 3 nitrogen and oxygen atoms in total. The van der Waals surface area contributed by atoms with E-state index in [2.05, 4.69) is 12.2 Å². The van der Waals surface area contributed by atoms with Crippen molar-refractivity contribution in [2.75, 3.05) is 6.54 Å². The van der Waals surface area contributed by atoms with Gasteiger partial charge in [-0.2, -0.15) is 0 Å². The summed E-state index contributed by atoms with van der Waals surface area (Å²) in [5.74, 6) is 0.377. The summed E-state index contributed by atoms with van der Waals surface area (Å²) in [4.78, 5) is 12.9. The second-order valence-corrected chi connectivity index (χ2v) is 6.78. The van der Waals surface area contributed by atoms with Gasteiger partial charge in [0.2, 0.25) is 0 Å². The molecule has 0 aliphatic heterocycles. The van der Waals surface area contributed by atoms with E-state index in [-0.39, 0.29) is 11.4 Å². The standard InChI is InChI=1S/C13H19ClN2OS/c1-9-4-2-3-7-13(9,8-15)16-12(17)10-5-6-11(14)18-10/h5-6,9H,2-4,7-8,15H2,1H3,(H,16,17). The topological polar surface area (TPSA) is 55.1 Å². The fraction of sp³-hybridized carbons (Fsp3) is 0.615. The number of thiophene rings is 1. The van der Waals surface area contributed by atoms with E-state index in [0.717, 1.165) is 19.3 Å². The number of hydrogen-bond acceptors (Lipinski definition) is 3. The van der Waals surface area contributed by atoms with Crippen LogP contribution in [0.3, 0.4) is 0 Å². The summed E-state index contributed by atoms with van der Waals surface area (Å²) < 4.78 is 0.638. The van der Waals surface area contributed by atoms with Crippen LogP contribution in [0, 0.1) is 5.92 Å². The molecular formula is C13H19ClN2OS. The molecule has 1 aromatic heterocycles. The van der Waals surface area contributed by atoms with Crippen LogP contribution in [0.1, 0.15) is 42.3 Å². The van der Waals surface area contributed by atoms with Gasteiger partial charge in [0.1, 0.15) is 0 Å². The van der Waals surface area contributed by atoms with Crippen LogP contribution in [0.2, 0.25) is 4.34 Å². The summed E-state index contributed by atoms with van der Waals surface area (Å²) in [6.07, 6.45) is 4.45. The van der Waals surface area contributed by atoms with E-state index < -0.39 is 0 Å². The molecule has 2 rings (SSSR count). The minimum absolute atomic E-state index is 0.0499. The third-order valence-corrected chi connectivity index (χ3v) is 5.21. The Balaban J connectivity index is 2.12. The highest BCUT2D eigenvalue weighted by atomic mass is 35.5. The van der Waals surface area contributed by atoms with Gasteiger partial charge in [0.15, 0.2) is 0 Å². The van der Waals surface area contributed by atoms with Gasteiger partial charge in [-0.25, -0.2) is 0 Å². The maximum atomic E-state index is 12.2. The number of nitrogens with one attached hydrogen (secondary N) is 1. The monoisotopic (exact) mass is 286 g/mol. The molecule has 2 unspecified atom stereocenters. The first kappa shape index (κ1) is 13.8. The molecule has 1 aliphatic rings. The van der Waals surface area contributed by atoms with Crippen molar-refractivity contribution >= 4 is 28.8 Å². The molecule has 1 aliphatic carbocycles. The number of rotatable bonds is 3. The van der Waals surface area contributed by atoms with Gasteiger partial charge in [-0.15, -0.1) is 11.3 Å². The van der Waals surface area contributed by atoms with Gasteiger partial charge in [-0.1, -0.05) is 31.4 Å². The Kier molecular flexibility index (Phi) is 4.30. The highest BCUT2D eigenvalue weighted by Gasteiger charge is 2.38. The first-order valence-electron chi connectivity index (χ1n) is 6.35. The maximum absolute atomic E-state index is 12.2. The van der Waals surface area contributed by atoms with Gasteiger partial charge in [-0.05, 0) is 30.9 Å². The van der Waals surface area contributed by atoms with Crippen molar-refractivity contribution in [3.05, 3.63) is 21.3 Å². The largest absolute Gasteiger partial charge is 0.344 e. The molecule has 100 valence electrons. The molecule has 0 spiro atoms. The van der Waals surface area contributed by atoms with Crippen molar-refractivity contribution in [2.45, 2.75) is 38.1 Å². The number of carbonyl (C=O) groups excluding carboxylic acids is 1. The molecule has 1 saturated carbocycles. The maximum Gasteiger partial charge on any atom is 0.261 e. The molecule has 2 atom stereocenters. The number of carbonyl (C=O) groups is 1. The van der Waals surface area contributed by atoms with Crippen molar-refractivity contribution in [3.63, 3.8) is 0 Å². The summed E-state index contributed by atoms with van der Waals surface area (Å²) in [5, 5.41) is 3.15. The van der Waals surface area contributed by atoms with Crippen molar-refractivity contribution in [2.24, 2.45) is 11.7 Å². The molecule has 0 aromatic carbocycles. The van der Waals surface area contributed by atoms with E-state index in [9.17, 15) is 4.79 Å². The lowest BCUT2D eigenvalue weighted by atomic mass is 9.73. The van der Waals surface area contributed by atoms with E-state index in [1.54, 1.807) is 12.1 Å². The second kappa shape index (κ2) is 5.59. The Morgan fingerprint density at radius 2 is 2.39 bits per heavy atom.